The minimum absolute atomic E-state index is 0.0894. The highest BCUT2D eigenvalue weighted by Gasteiger charge is 2.03. The third-order valence-electron chi connectivity index (χ3n) is 1.38. The molecule has 0 saturated carbocycles. The highest BCUT2D eigenvalue weighted by molar-refractivity contribution is 5.86. The van der Waals surface area contributed by atoms with Gasteiger partial charge in [0.15, 0.2) is 0 Å². The first-order chi connectivity index (χ1) is 5.76. The molecule has 0 heterocycles. The average Bonchev–Trinajstić information content (AvgIpc) is 2.07. The topological polar surface area (TPSA) is 44.4 Å². The van der Waals surface area contributed by atoms with Crippen LogP contribution in [0.4, 0.5) is 0 Å². The lowest BCUT2D eigenvalue weighted by atomic mass is 10.3. The van der Waals surface area contributed by atoms with Gasteiger partial charge in [-0.25, -0.2) is 16.0 Å². The summed E-state index contributed by atoms with van der Waals surface area (Å²) in [5.41, 5.74) is 5.40. The summed E-state index contributed by atoms with van der Waals surface area (Å²) in [5.74, 6) is -0.0894. The lowest BCUT2D eigenvalue weighted by Gasteiger charge is -2.16. The standard InChI is InChI=1S/C8H17N3O/c1-4-5-6-7-8(12)11(9-2)10-3/h6-7,9-10H,4-5H2,1-3H3. The fourth-order valence-electron chi connectivity index (χ4n) is 0.758. The van der Waals surface area contributed by atoms with E-state index in [4.69, 9.17) is 0 Å². The Morgan fingerprint density at radius 1 is 1.42 bits per heavy atom. The van der Waals surface area contributed by atoms with Crippen LogP contribution in [0.25, 0.3) is 0 Å². The summed E-state index contributed by atoms with van der Waals surface area (Å²) in [6.45, 7) is 2.07. The Hall–Kier alpha value is -0.870. The van der Waals surface area contributed by atoms with Crippen LogP contribution < -0.4 is 10.9 Å². The molecular formula is C8H17N3O. The van der Waals surface area contributed by atoms with Gasteiger partial charge in [0.05, 0.1) is 0 Å². The smallest absolute Gasteiger partial charge is 0.267 e. The third kappa shape index (κ3) is 4.10. The van der Waals surface area contributed by atoms with Gasteiger partial charge in [-0.15, -0.1) is 0 Å². The molecular weight excluding hydrogens is 154 g/mol. The summed E-state index contributed by atoms with van der Waals surface area (Å²) in [6, 6.07) is 0. The van der Waals surface area contributed by atoms with Gasteiger partial charge in [-0.1, -0.05) is 19.4 Å². The van der Waals surface area contributed by atoms with Gasteiger partial charge in [0.1, 0.15) is 0 Å². The Morgan fingerprint density at radius 3 is 2.42 bits per heavy atom. The quantitative estimate of drug-likeness (QED) is 0.466. The molecule has 1 amide bonds. The van der Waals surface area contributed by atoms with Gasteiger partial charge in [0.2, 0.25) is 0 Å². The van der Waals surface area contributed by atoms with Crippen LogP contribution in [0, 0.1) is 0 Å². The summed E-state index contributed by atoms with van der Waals surface area (Å²) in [5, 5.41) is 1.31. The van der Waals surface area contributed by atoms with E-state index in [0.29, 0.717) is 0 Å². The first-order valence-electron chi connectivity index (χ1n) is 4.11. The highest BCUT2D eigenvalue weighted by atomic mass is 16.2. The Balaban J connectivity index is 3.83. The van der Waals surface area contributed by atoms with Crippen molar-refractivity contribution in [3.8, 4) is 0 Å². The van der Waals surface area contributed by atoms with Crippen molar-refractivity contribution in [2.45, 2.75) is 19.8 Å². The number of nitrogens with one attached hydrogen (secondary N) is 2. The molecule has 0 radical (unpaired) electrons. The van der Waals surface area contributed by atoms with Crippen molar-refractivity contribution in [3.63, 3.8) is 0 Å². The van der Waals surface area contributed by atoms with Crippen LogP contribution in [-0.4, -0.2) is 25.1 Å². The Morgan fingerprint density at radius 2 is 2.00 bits per heavy atom. The molecule has 0 aromatic heterocycles. The molecule has 0 aromatic rings. The summed E-state index contributed by atoms with van der Waals surface area (Å²) in [4.78, 5) is 11.2. The molecule has 0 unspecified atom stereocenters. The fraction of sp³-hybridized carbons (Fsp3) is 0.625. The van der Waals surface area contributed by atoms with E-state index >= 15 is 0 Å². The number of hydrazine groups is 2. The molecule has 4 nitrogen and oxygen atoms in total. The van der Waals surface area contributed by atoms with Crippen LogP contribution in [0.1, 0.15) is 19.8 Å². The lowest BCUT2D eigenvalue weighted by molar-refractivity contribution is -0.131. The van der Waals surface area contributed by atoms with Gasteiger partial charge >= 0.3 is 0 Å². The largest absolute Gasteiger partial charge is 0.275 e. The highest BCUT2D eigenvalue weighted by Crippen LogP contribution is 1.89. The second kappa shape index (κ2) is 6.82. The number of allylic oxidation sites excluding steroid dienone is 1. The first kappa shape index (κ1) is 11.1. The van der Waals surface area contributed by atoms with E-state index in [9.17, 15) is 4.79 Å². The molecule has 0 aliphatic carbocycles. The number of unbranched alkanes of at least 4 members (excludes halogenated alkanes) is 1. The lowest BCUT2D eigenvalue weighted by Crippen LogP contribution is -2.47. The molecule has 4 heteroatoms. The molecule has 0 bridgehead atoms. The van der Waals surface area contributed by atoms with Gasteiger partial charge < -0.3 is 0 Å². The van der Waals surface area contributed by atoms with Crippen molar-refractivity contribution in [3.05, 3.63) is 12.2 Å². The van der Waals surface area contributed by atoms with Crippen LogP contribution >= 0.6 is 0 Å². The van der Waals surface area contributed by atoms with Crippen LogP contribution in [0.5, 0.6) is 0 Å². The van der Waals surface area contributed by atoms with Crippen molar-refractivity contribution in [1.82, 2.24) is 16.0 Å². The maximum atomic E-state index is 11.2. The van der Waals surface area contributed by atoms with E-state index in [1.165, 1.54) is 5.12 Å². The number of rotatable bonds is 5. The van der Waals surface area contributed by atoms with Gasteiger partial charge in [-0.05, 0) is 6.42 Å². The first-order valence-corrected chi connectivity index (χ1v) is 4.11. The maximum absolute atomic E-state index is 11.2. The number of nitrogens with zero attached hydrogens (tertiary/aromatic N) is 1. The fourth-order valence-corrected chi connectivity index (χ4v) is 0.758. The monoisotopic (exact) mass is 171 g/mol. The van der Waals surface area contributed by atoms with E-state index in [1.807, 2.05) is 6.08 Å². The van der Waals surface area contributed by atoms with Crippen molar-refractivity contribution in [2.24, 2.45) is 0 Å². The Bertz CT molecular complexity index is 152. The molecule has 0 aliphatic rings. The summed E-state index contributed by atoms with van der Waals surface area (Å²) in [7, 11) is 3.37. The van der Waals surface area contributed by atoms with Crippen molar-refractivity contribution in [1.29, 1.82) is 0 Å². The van der Waals surface area contributed by atoms with E-state index in [-0.39, 0.29) is 5.91 Å². The number of hydrogen-bond acceptors (Lipinski definition) is 3. The van der Waals surface area contributed by atoms with E-state index in [1.54, 1.807) is 20.2 Å². The molecule has 2 N–H and O–H groups in total. The van der Waals surface area contributed by atoms with Gasteiger partial charge in [-0.3, -0.25) is 4.79 Å². The number of amides is 1. The molecule has 0 atom stereocenters. The van der Waals surface area contributed by atoms with Gasteiger partial charge in [-0.2, -0.15) is 0 Å². The summed E-state index contributed by atoms with van der Waals surface area (Å²) < 4.78 is 0. The molecule has 12 heavy (non-hydrogen) atoms. The number of hydrogen-bond donors (Lipinski definition) is 2. The van der Waals surface area contributed by atoms with E-state index in [2.05, 4.69) is 17.8 Å². The molecule has 0 aromatic carbocycles. The molecule has 0 spiro atoms. The summed E-state index contributed by atoms with van der Waals surface area (Å²) in [6.07, 6.45) is 5.41. The molecule has 70 valence electrons. The van der Waals surface area contributed by atoms with Crippen LogP contribution in [0.2, 0.25) is 0 Å². The number of carbonyl (C=O) groups excluding carboxylic acids is 1. The number of carbonyl (C=O) groups is 1. The Labute approximate surface area is 73.6 Å². The average molecular weight is 171 g/mol. The zero-order chi connectivity index (χ0) is 9.40. The van der Waals surface area contributed by atoms with E-state index < -0.39 is 0 Å². The van der Waals surface area contributed by atoms with E-state index in [0.717, 1.165) is 12.8 Å². The van der Waals surface area contributed by atoms with Crippen molar-refractivity contribution >= 4 is 5.91 Å². The van der Waals surface area contributed by atoms with Crippen molar-refractivity contribution in [2.75, 3.05) is 14.1 Å². The van der Waals surface area contributed by atoms with Crippen LogP contribution in [0.3, 0.4) is 0 Å². The minimum Gasteiger partial charge on any atom is -0.267 e. The van der Waals surface area contributed by atoms with Crippen molar-refractivity contribution < 1.29 is 4.79 Å². The summed E-state index contributed by atoms with van der Waals surface area (Å²) >= 11 is 0. The SMILES string of the molecule is CCCC=CC(=O)N(NC)NC. The third-order valence-corrected chi connectivity index (χ3v) is 1.38. The van der Waals surface area contributed by atoms with Gasteiger partial charge in [0.25, 0.3) is 5.91 Å². The Kier molecular flexibility index (Phi) is 6.32. The zero-order valence-electron chi connectivity index (χ0n) is 7.92. The normalized spacial score (nSPS) is 10.6. The molecule has 0 aliphatic heterocycles. The molecule has 0 rings (SSSR count). The van der Waals surface area contributed by atoms with Crippen LogP contribution in [-0.2, 0) is 4.79 Å². The predicted molar refractivity (Wildman–Crippen MR) is 49.0 cm³/mol. The van der Waals surface area contributed by atoms with Crippen LogP contribution in [0.15, 0.2) is 12.2 Å². The second-order valence-electron chi connectivity index (χ2n) is 2.31. The predicted octanol–water partition coefficient (Wildman–Crippen LogP) is 0.440. The second-order valence-corrected chi connectivity index (χ2v) is 2.31. The molecule has 0 saturated heterocycles. The van der Waals surface area contributed by atoms with Gasteiger partial charge in [0, 0.05) is 20.2 Å². The maximum Gasteiger partial charge on any atom is 0.275 e. The molecule has 0 fully saturated rings. The minimum atomic E-state index is -0.0894. The zero-order valence-corrected chi connectivity index (χ0v) is 7.92.